The highest BCUT2D eigenvalue weighted by Gasteiger charge is 2.60. The van der Waals surface area contributed by atoms with Crippen molar-refractivity contribution in [3.63, 3.8) is 0 Å². The first kappa shape index (κ1) is 10.5. The summed E-state index contributed by atoms with van der Waals surface area (Å²) >= 11 is 0. The van der Waals surface area contributed by atoms with E-state index in [0.29, 0.717) is 6.54 Å². The molecule has 0 N–H and O–H groups in total. The third-order valence-corrected chi connectivity index (χ3v) is 2.79. The maximum atomic E-state index is 12.4. The van der Waals surface area contributed by atoms with Gasteiger partial charge in [-0.2, -0.15) is 13.2 Å². The number of nitrogens with zero attached hydrogens (tertiary/aromatic N) is 1. The monoisotopic (exact) mass is 215 g/mol. The summed E-state index contributed by atoms with van der Waals surface area (Å²) in [6.45, 7) is 1.99. The van der Waals surface area contributed by atoms with Crippen LogP contribution in [0.25, 0.3) is 0 Å². The van der Waals surface area contributed by atoms with Crippen molar-refractivity contribution < 1.29 is 13.2 Å². The molecule has 0 aromatic heterocycles. The third-order valence-electron chi connectivity index (χ3n) is 2.79. The van der Waals surface area contributed by atoms with Gasteiger partial charge in [0, 0.05) is 12.6 Å². The highest BCUT2D eigenvalue weighted by molar-refractivity contribution is 5.17. The van der Waals surface area contributed by atoms with Gasteiger partial charge in [-0.25, -0.2) is 0 Å². The van der Waals surface area contributed by atoms with Crippen LogP contribution in [0.4, 0.5) is 13.2 Å². The third kappa shape index (κ3) is 2.15. The smallest absolute Gasteiger partial charge is 0.282 e. The van der Waals surface area contributed by atoms with Crippen molar-refractivity contribution in [2.24, 2.45) is 0 Å². The fourth-order valence-electron chi connectivity index (χ4n) is 1.91. The Hall–Kier alpha value is -1.03. The minimum atomic E-state index is -4.09. The first-order chi connectivity index (χ1) is 7.00. The fourth-order valence-corrected chi connectivity index (χ4v) is 1.91. The summed E-state index contributed by atoms with van der Waals surface area (Å²) in [6, 6.07) is 7.59. The molecule has 1 unspecified atom stereocenters. The lowest BCUT2D eigenvalue weighted by atomic mass is 10.2. The second-order valence-corrected chi connectivity index (χ2v) is 3.88. The van der Waals surface area contributed by atoms with Crippen LogP contribution in [0, 0.1) is 0 Å². The molecule has 0 spiro atoms. The van der Waals surface area contributed by atoms with Crippen molar-refractivity contribution in [2.75, 3.05) is 0 Å². The zero-order valence-electron chi connectivity index (χ0n) is 8.33. The van der Waals surface area contributed by atoms with Crippen LogP contribution in [-0.4, -0.2) is 23.2 Å². The molecule has 1 aromatic rings. The molecule has 1 heterocycles. The van der Waals surface area contributed by atoms with E-state index in [0.717, 1.165) is 5.56 Å². The second-order valence-electron chi connectivity index (χ2n) is 3.88. The van der Waals surface area contributed by atoms with Gasteiger partial charge >= 0.3 is 6.18 Å². The molecule has 0 radical (unpaired) electrons. The molecule has 2 rings (SSSR count). The predicted octanol–water partition coefficient (Wildman–Crippen LogP) is 2.82. The maximum Gasteiger partial charge on any atom is 0.405 e. The summed E-state index contributed by atoms with van der Waals surface area (Å²) in [7, 11) is 0. The zero-order chi connectivity index (χ0) is 11.1. The van der Waals surface area contributed by atoms with Crippen LogP contribution in [0.2, 0.25) is 0 Å². The lowest BCUT2D eigenvalue weighted by Crippen LogP contribution is -2.21. The minimum Gasteiger partial charge on any atom is -0.282 e. The number of hydrogen-bond donors (Lipinski definition) is 0. The average Bonchev–Trinajstić information content (AvgIpc) is 2.77. The minimum absolute atomic E-state index is 0.381. The fraction of sp³-hybridized carbons (Fsp3) is 0.455. The van der Waals surface area contributed by atoms with Crippen LogP contribution in [0.5, 0.6) is 0 Å². The van der Waals surface area contributed by atoms with E-state index < -0.39 is 12.2 Å². The highest BCUT2D eigenvalue weighted by atomic mass is 19.4. The summed E-state index contributed by atoms with van der Waals surface area (Å²) in [5.41, 5.74) is 0.927. The van der Waals surface area contributed by atoms with Gasteiger partial charge in [-0.1, -0.05) is 30.3 Å². The summed E-state index contributed by atoms with van der Waals surface area (Å²) in [4.78, 5) is 1.45. The normalized spacial score (nSPS) is 30.3. The molecule has 1 nitrogen and oxygen atoms in total. The molecule has 0 saturated carbocycles. The van der Waals surface area contributed by atoms with E-state index in [1.165, 1.54) is 4.90 Å². The van der Waals surface area contributed by atoms with Crippen molar-refractivity contribution in [3.8, 4) is 0 Å². The molecule has 1 fully saturated rings. The Morgan fingerprint density at radius 3 is 2.27 bits per heavy atom. The van der Waals surface area contributed by atoms with Crippen LogP contribution in [0.1, 0.15) is 12.5 Å². The van der Waals surface area contributed by atoms with Gasteiger partial charge in [0.2, 0.25) is 0 Å². The molecular weight excluding hydrogens is 203 g/mol. The second kappa shape index (κ2) is 3.52. The first-order valence-corrected chi connectivity index (χ1v) is 4.86. The van der Waals surface area contributed by atoms with Gasteiger partial charge in [-0.05, 0) is 12.5 Å². The lowest BCUT2D eigenvalue weighted by molar-refractivity contribution is -0.137. The Kier molecular flexibility index (Phi) is 2.46. The summed E-state index contributed by atoms with van der Waals surface area (Å²) in [6.07, 6.45) is -4.09. The molecule has 1 aliphatic heterocycles. The van der Waals surface area contributed by atoms with E-state index in [9.17, 15) is 13.2 Å². The van der Waals surface area contributed by atoms with Crippen LogP contribution in [0.3, 0.4) is 0 Å². The molecule has 0 aliphatic carbocycles. The lowest BCUT2D eigenvalue weighted by Gasteiger charge is -2.06. The Morgan fingerprint density at radius 1 is 1.20 bits per heavy atom. The average molecular weight is 215 g/mol. The van der Waals surface area contributed by atoms with Gasteiger partial charge in [-0.3, -0.25) is 4.90 Å². The molecule has 0 amide bonds. The summed E-state index contributed by atoms with van der Waals surface area (Å²) in [5, 5.41) is 0. The zero-order valence-corrected chi connectivity index (χ0v) is 8.33. The first-order valence-electron chi connectivity index (χ1n) is 4.86. The topological polar surface area (TPSA) is 3.01 Å². The van der Waals surface area contributed by atoms with E-state index in [2.05, 4.69) is 0 Å². The maximum absolute atomic E-state index is 12.4. The molecule has 3 atom stereocenters. The van der Waals surface area contributed by atoms with E-state index in [4.69, 9.17) is 0 Å². The molecule has 1 aromatic carbocycles. The number of halogens is 3. The SMILES string of the molecule is C[C@@H]1[C@@H](C(F)(F)F)N1Cc1ccccc1. The van der Waals surface area contributed by atoms with Gasteiger partial charge in [0.25, 0.3) is 0 Å². The van der Waals surface area contributed by atoms with Crippen molar-refractivity contribution in [1.29, 1.82) is 0 Å². The molecule has 82 valence electrons. The standard InChI is InChI=1S/C11H12F3N/c1-8-10(11(12,13)14)15(8)7-9-5-3-2-4-6-9/h2-6,8,10H,7H2,1H3/t8-,10+,15?/m1/s1. The number of alkyl halides is 3. The number of benzene rings is 1. The van der Waals surface area contributed by atoms with Gasteiger partial charge < -0.3 is 0 Å². The Morgan fingerprint density at radius 2 is 1.80 bits per heavy atom. The van der Waals surface area contributed by atoms with Gasteiger partial charge in [-0.15, -0.1) is 0 Å². The van der Waals surface area contributed by atoms with Crippen molar-refractivity contribution in [1.82, 2.24) is 4.90 Å². The molecule has 1 aliphatic rings. The molecular formula is C11H12F3N. The van der Waals surface area contributed by atoms with Crippen LogP contribution >= 0.6 is 0 Å². The van der Waals surface area contributed by atoms with E-state index in [1.807, 2.05) is 30.3 Å². The molecule has 15 heavy (non-hydrogen) atoms. The largest absolute Gasteiger partial charge is 0.405 e. The number of hydrogen-bond acceptors (Lipinski definition) is 1. The Bertz CT molecular complexity index is 333. The van der Waals surface area contributed by atoms with Gasteiger partial charge in [0.1, 0.15) is 6.04 Å². The Labute approximate surface area is 86.5 Å². The van der Waals surface area contributed by atoms with Crippen LogP contribution < -0.4 is 0 Å². The van der Waals surface area contributed by atoms with Crippen molar-refractivity contribution in [2.45, 2.75) is 31.7 Å². The predicted molar refractivity (Wildman–Crippen MR) is 51.3 cm³/mol. The van der Waals surface area contributed by atoms with Crippen molar-refractivity contribution >= 4 is 0 Å². The van der Waals surface area contributed by atoms with Crippen LogP contribution in [0.15, 0.2) is 30.3 Å². The molecule has 0 bridgehead atoms. The molecule has 1 saturated heterocycles. The quantitative estimate of drug-likeness (QED) is 0.685. The highest BCUT2D eigenvalue weighted by Crippen LogP contribution is 2.41. The molecule has 4 heteroatoms. The number of rotatable bonds is 2. The van der Waals surface area contributed by atoms with E-state index in [1.54, 1.807) is 6.92 Å². The Balaban J connectivity index is 1.99. The van der Waals surface area contributed by atoms with Gasteiger partial charge in [0.05, 0.1) is 0 Å². The van der Waals surface area contributed by atoms with Crippen LogP contribution in [-0.2, 0) is 6.54 Å². The summed E-state index contributed by atoms with van der Waals surface area (Å²) in [5.74, 6) is 0. The summed E-state index contributed by atoms with van der Waals surface area (Å²) < 4.78 is 37.2. The van der Waals surface area contributed by atoms with Gasteiger partial charge in [0.15, 0.2) is 0 Å². The van der Waals surface area contributed by atoms with E-state index >= 15 is 0 Å². The van der Waals surface area contributed by atoms with E-state index in [-0.39, 0.29) is 6.04 Å². The van der Waals surface area contributed by atoms with Crippen molar-refractivity contribution in [3.05, 3.63) is 35.9 Å².